The Morgan fingerprint density at radius 1 is 1.55 bits per heavy atom. The lowest BCUT2D eigenvalue weighted by atomic mass is 9.68. The van der Waals surface area contributed by atoms with Gasteiger partial charge in [-0.2, -0.15) is 5.26 Å². The number of aryl methyl sites for hydroxylation is 1. The number of nitrogens with zero attached hydrogens (tertiary/aromatic N) is 2. The average Bonchev–Trinajstić information content (AvgIpc) is 3.09. The highest BCUT2D eigenvalue weighted by Gasteiger charge is 2.58. The van der Waals surface area contributed by atoms with Gasteiger partial charge >= 0.3 is 0 Å². The third kappa shape index (κ3) is 1.59. The van der Waals surface area contributed by atoms with Crippen molar-refractivity contribution in [2.45, 2.75) is 50.4 Å². The summed E-state index contributed by atoms with van der Waals surface area (Å²) in [6.45, 7) is 2.65. The third-order valence-electron chi connectivity index (χ3n) is 4.78. The van der Waals surface area contributed by atoms with Crippen molar-refractivity contribution in [1.82, 2.24) is 10.2 Å². The Bertz CT molecular complexity index is 689. The van der Waals surface area contributed by atoms with Crippen LogP contribution in [0.2, 0.25) is 0 Å². The second kappa shape index (κ2) is 4.73. The Morgan fingerprint density at radius 2 is 2.41 bits per heavy atom. The number of ether oxygens (including phenoxy) is 3. The Kier molecular flexibility index (Phi) is 2.93. The van der Waals surface area contributed by atoms with Crippen LogP contribution in [0.15, 0.2) is 11.5 Å². The Balaban J connectivity index is 1.94. The van der Waals surface area contributed by atoms with Gasteiger partial charge in [0.2, 0.25) is 11.8 Å². The van der Waals surface area contributed by atoms with Gasteiger partial charge < -0.3 is 19.9 Å². The summed E-state index contributed by atoms with van der Waals surface area (Å²) in [5.41, 5.74) is 7.52. The van der Waals surface area contributed by atoms with E-state index in [1.54, 1.807) is 0 Å². The summed E-state index contributed by atoms with van der Waals surface area (Å²) in [5.74, 6) is 0.541. The molecular formula is C15H18N4O3. The molecule has 2 fully saturated rings. The number of nitrogens with one attached hydrogen (secondary N) is 1. The number of rotatable bonds is 2. The van der Waals surface area contributed by atoms with E-state index in [2.05, 4.69) is 23.2 Å². The Morgan fingerprint density at radius 3 is 3.18 bits per heavy atom. The molecule has 0 aromatic carbocycles. The summed E-state index contributed by atoms with van der Waals surface area (Å²) in [6.07, 6.45) is 2.95. The molecular weight excluding hydrogens is 284 g/mol. The van der Waals surface area contributed by atoms with Gasteiger partial charge in [-0.25, -0.2) is 0 Å². The molecule has 7 heteroatoms. The minimum absolute atomic E-state index is 0.0992. The van der Waals surface area contributed by atoms with Crippen LogP contribution in [0.25, 0.3) is 0 Å². The highest BCUT2D eigenvalue weighted by atomic mass is 16.7. The lowest BCUT2D eigenvalue weighted by Crippen LogP contribution is -2.48. The molecule has 3 N–H and O–H groups in total. The molecule has 0 aliphatic carbocycles. The van der Waals surface area contributed by atoms with Gasteiger partial charge in [-0.3, -0.25) is 5.10 Å². The van der Waals surface area contributed by atoms with Crippen LogP contribution in [0, 0.1) is 11.3 Å². The molecule has 3 atom stereocenters. The van der Waals surface area contributed by atoms with Gasteiger partial charge in [0.15, 0.2) is 6.29 Å². The van der Waals surface area contributed by atoms with Crippen molar-refractivity contribution in [2.24, 2.45) is 5.73 Å². The van der Waals surface area contributed by atoms with E-state index in [9.17, 15) is 5.26 Å². The maximum atomic E-state index is 9.68. The van der Waals surface area contributed by atoms with E-state index in [1.165, 1.54) is 0 Å². The van der Waals surface area contributed by atoms with E-state index in [-0.39, 0.29) is 12.0 Å². The zero-order valence-corrected chi connectivity index (χ0v) is 12.4. The van der Waals surface area contributed by atoms with Crippen molar-refractivity contribution in [3.8, 4) is 11.9 Å². The highest BCUT2D eigenvalue weighted by molar-refractivity contribution is 5.55. The van der Waals surface area contributed by atoms with E-state index < -0.39 is 11.7 Å². The molecule has 1 spiro atoms. The molecule has 0 amide bonds. The van der Waals surface area contributed by atoms with Gasteiger partial charge in [-0.05, 0) is 19.3 Å². The molecule has 4 heterocycles. The first-order valence-corrected chi connectivity index (χ1v) is 7.63. The molecule has 4 rings (SSSR count). The standard InChI is InChI=1S/C15H18N4O3/c1-2-3-10-11-13(19-18-10)22-12(17)9(6-16)15(11)5-4-8-7-20-14(15)21-8/h8,14H,2-5,7,17H2,1H3,(H,18,19)/t8-,14-,15+/m0/s1. The van der Waals surface area contributed by atoms with Crippen LogP contribution in [0.4, 0.5) is 0 Å². The van der Waals surface area contributed by atoms with E-state index in [0.29, 0.717) is 18.1 Å². The zero-order chi connectivity index (χ0) is 15.3. The number of hydrogen-bond acceptors (Lipinski definition) is 6. The zero-order valence-electron chi connectivity index (χ0n) is 12.4. The van der Waals surface area contributed by atoms with E-state index in [0.717, 1.165) is 36.9 Å². The quantitative estimate of drug-likeness (QED) is 0.851. The van der Waals surface area contributed by atoms with Gasteiger partial charge in [0.1, 0.15) is 11.6 Å². The maximum absolute atomic E-state index is 9.68. The summed E-state index contributed by atoms with van der Waals surface area (Å²) in [6, 6.07) is 2.23. The number of H-pyrrole nitrogens is 1. The maximum Gasteiger partial charge on any atom is 0.244 e. The summed E-state index contributed by atoms with van der Waals surface area (Å²) < 4.78 is 17.4. The predicted molar refractivity (Wildman–Crippen MR) is 75.6 cm³/mol. The van der Waals surface area contributed by atoms with Crippen LogP contribution in [-0.2, 0) is 21.3 Å². The van der Waals surface area contributed by atoms with Gasteiger partial charge in [0.05, 0.1) is 23.7 Å². The lowest BCUT2D eigenvalue weighted by Gasteiger charge is -2.42. The van der Waals surface area contributed by atoms with Crippen LogP contribution in [0.3, 0.4) is 0 Å². The topological polar surface area (TPSA) is 106 Å². The number of hydrogen-bond donors (Lipinski definition) is 2. The molecule has 116 valence electrons. The first-order valence-electron chi connectivity index (χ1n) is 7.63. The lowest BCUT2D eigenvalue weighted by molar-refractivity contribution is -0.126. The van der Waals surface area contributed by atoms with Crippen molar-refractivity contribution < 1.29 is 14.2 Å². The fourth-order valence-corrected chi connectivity index (χ4v) is 3.83. The van der Waals surface area contributed by atoms with E-state index in [1.807, 2.05) is 0 Å². The molecule has 22 heavy (non-hydrogen) atoms. The van der Waals surface area contributed by atoms with Crippen LogP contribution < -0.4 is 10.5 Å². The number of nitrogens with two attached hydrogens (primary N) is 1. The molecule has 3 aliphatic heterocycles. The van der Waals surface area contributed by atoms with Crippen LogP contribution in [0.5, 0.6) is 5.88 Å². The first kappa shape index (κ1) is 13.6. The van der Waals surface area contributed by atoms with Crippen molar-refractivity contribution >= 4 is 0 Å². The van der Waals surface area contributed by atoms with Crippen LogP contribution in [-0.4, -0.2) is 29.2 Å². The fourth-order valence-electron chi connectivity index (χ4n) is 3.83. The van der Waals surface area contributed by atoms with Gasteiger partial charge in [-0.15, -0.1) is 5.10 Å². The summed E-state index contributed by atoms with van der Waals surface area (Å²) in [7, 11) is 0. The van der Waals surface area contributed by atoms with Crippen molar-refractivity contribution in [2.75, 3.05) is 6.61 Å². The van der Waals surface area contributed by atoms with Gasteiger partial charge in [0.25, 0.3) is 0 Å². The molecule has 0 radical (unpaired) electrons. The smallest absolute Gasteiger partial charge is 0.244 e. The highest BCUT2D eigenvalue weighted by Crippen LogP contribution is 2.54. The minimum atomic E-state index is -0.711. The van der Waals surface area contributed by atoms with E-state index >= 15 is 0 Å². The second-order valence-electron chi connectivity index (χ2n) is 6.02. The molecule has 1 aromatic heterocycles. The molecule has 2 bridgehead atoms. The summed E-state index contributed by atoms with van der Waals surface area (Å²) in [5, 5.41) is 17.0. The SMILES string of the molecule is CCCc1[nH]nc2c1[C@@]1(CC[C@H]3CO[C@H]1O3)C(C#N)=C(N)O2. The molecule has 2 saturated heterocycles. The van der Waals surface area contributed by atoms with Gasteiger partial charge in [-0.1, -0.05) is 13.3 Å². The number of fused-ring (bicyclic) bond motifs is 5. The van der Waals surface area contributed by atoms with Crippen molar-refractivity contribution in [3.63, 3.8) is 0 Å². The minimum Gasteiger partial charge on any atom is -0.420 e. The predicted octanol–water partition coefficient (Wildman–Crippen LogP) is 1.22. The normalized spacial score (nSPS) is 32.7. The van der Waals surface area contributed by atoms with Gasteiger partial charge in [0, 0.05) is 5.69 Å². The Hall–Kier alpha value is -2.04. The Labute approximate surface area is 128 Å². The fraction of sp³-hybridized carbons (Fsp3) is 0.600. The monoisotopic (exact) mass is 302 g/mol. The number of aromatic nitrogens is 2. The molecule has 0 saturated carbocycles. The molecule has 0 unspecified atom stereocenters. The van der Waals surface area contributed by atoms with Crippen LogP contribution in [0.1, 0.15) is 37.4 Å². The average molecular weight is 302 g/mol. The second-order valence-corrected chi connectivity index (χ2v) is 6.02. The number of nitriles is 1. The van der Waals surface area contributed by atoms with E-state index in [4.69, 9.17) is 19.9 Å². The third-order valence-corrected chi connectivity index (χ3v) is 4.78. The van der Waals surface area contributed by atoms with Crippen molar-refractivity contribution in [3.05, 3.63) is 22.7 Å². The molecule has 1 aromatic rings. The molecule has 7 nitrogen and oxygen atoms in total. The largest absolute Gasteiger partial charge is 0.420 e. The summed E-state index contributed by atoms with van der Waals surface area (Å²) >= 11 is 0. The molecule has 3 aliphatic rings. The summed E-state index contributed by atoms with van der Waals surface area (Å²) in [4.78, 5) is 0. The van der Waals surface area contributed by atoms with Crippen molar-refractivity contribution in [1.29, 1.82) is 5.26 Å². The van der Waals surface area contributed by atoms with Crippen LogP contribution >= 0.6 is 0 Å². The first-order chi connectivity index (χ1) is 10.7. The number of aromatic amines is 1.